The molecule has 2 heterocycles. The van der Waals surface area contributed by atoms with Crippen molar-refractivity contribution in [3.63, 3.8) is 0 Å². The fraction of sp³-hybridized carbons (Fsp3) is 0.333. The molecule has 0 unspecified atom stereocenters. The molecule has 90 valence electrons. The summed E-state index contributed by atoms with van der Waals surface area (Å²) in [6.07, 6.45) is 0. The van der Waals surface area contributed by atoms with Gasteiger partial charge in [0.15, 0.2) is 5.01 Å². The third-order valence-electron chi connectivity index (χ3n) is 2.14. The summed E-state index contributed by atoms with van der Waals surface area (Å²) in [4.78, 5) is 17.2. The first-order valence-electron chi connectivity index (χ1n) is 5.44. The van der Waals surface area contributed by atoms with Crippen LogP contribution in [-0.2, 0) is 0 Å². The largest absolute Gasteiger partial charge is 0.350 e. The highest BCUT2D eigenvalue weighted by molar-refractivity contribution is 7.15. The van der Waals surface area contributed by atoms with Crippen LogP contribution in [0.1, 0.15) is 23.6 Å². The van der Waals surface area contributed by atoms with E-state index in [0.29, 0.717) is 17.5 Å². The third-order valence-corrected chi connectivity index (χ3v) is 3.88. The zero-order valence-electron chi connectivity index (χ0n) is 9.77. The number of nitrogens with zero attached hydrogens (tertiary/aromatic N) is 1. The predicted octanol–water partition coefficient (Wildman–Crippen LogP) is 3.26. The monoisotopic (exact) mass is 266 g/mol. The summed E-state index contributed by atoms with van der Waals surface area (Å²) in [5.41, 5.74) is 0.889. The van der Waals surface area contributed by atoms with E-state index in [1.165, 1.54) is 11.3 Å². The second-order valence-electron chi connectivity index (χ2n) is 4.12. The molecule has 0 aliphatic rings. The topological polar surface area (TPSA) is 42.0 Å². The molecule has 0 bridgehead atoms. The molecule has 0 atom stereocenters. The number of nitrogens with one attached hydrogen (secondary N) is 1. The summed E-state index contributed by atoms with van der Waals surface area (Å²) in [6, 6.07) is 3.99. The summed E-state index contributed by atoms with van der Waals surface area (Å²) in [7, 11) is 0. The van der Waals surface area contributed by atoms with Gasteiger partial charge >= 0.3 is 0 Å². The SMILES string of the molecule is CC(C)CNC(=O)c1nc(-c2cccs2)cs1. The first-order chi connectivity index (χ1) is 8.16. The maximum atomic E-state index is 11.8. The van der Waals surface area contributed by atoms with Crippen molar-refractivity contribution in [2.75, 3.05) is 6.54 Å². The van der Waals surface area contributed by atoms with Crippen molar-refractivity contribution in [1.29, 1.82) is 0 Å². The standard InChI is InChI=1S/C12H14N2OS2/c1-8(2)6-13-11(15)12-14-9(7-17-12)10-4-3-5-16-10/h3-5,7-8H,6H2,1-2H3,(H,13,15). The van der Waals surface area contributed by atoms with Gasteiger partial charge in [-0.1, -0.05) is 19.9 Å². The molecule has 3 nitrogen and oxygen atoms in total. The Morgan fingerprint density at radius 3 is 2.94 bits per heavy atom. The normalized spacial score (nSPS) is 10.8. The highest BCUT2D eigenvalue weighted by atomic mass is 32.1. The van der Waals surface area contributed by atoms with E-state index < -0.39 is 0 Å². The number of carbonyl (C=O) groups excluding carboxylic acids is 1. The number of hydrogen-bond acceptors (Lipinski definition) is 4. The first kappa shape index (κ1) is 12.3. The van der Waals surface area contributed by atoms with Crippen LogP contribution < -0.4 is 5.32 Å². The highest BCUT2D eigenvalue weighted by Gasteiger charge is 2.12. The molecule has 5 heteroatoms. The quantitative estimate of drug-likeness (QED) is 0.923. The molecule has 0 aliphatic carbocycles. The van der Waals surface area contributed by atoms with Gasteiger partial charge in [0.1, 0.15) is 0 Å². The molecule has 0 spiro atoms. The Hall–Kier alpha value is -1.20. The Morgan fingerprint density at radius 2 is 2.29 bits per heavy atom. The van der Waals surface area contributed by atoms with Crippen molar-refractivity contribution in [1.82, 2.24) is 10.3 Å². The van der Waals surface area contributed by atoms with E-state index in [0.717, 1.165) is 10.6 Å². The number of carbonyl (C=O) groups is 1. The van der Waals surface area contributed by atoms with Gasteiger partial charge in [0.25, 0.3) is 5.91 Å². The lowest BCUT2D eigenvalue weighted by molar-refractivity contribution is 0.0948. The summed E-state index contributed by atoms with van der Waals surface area (Å²) < 4.78 is 0. The van der Waals surface area contributed by atoms with Crippen LogP contribution in [0.2, 0.25) is 0 Å². The summed E-state index contributed by atoms with van der Waals surface area (Å²) in [6.45, 7) is 4.82. The molecule has 0 saturated carbocycles. The van der Waals surface area contributed by atoms with Crippen molar-refractivity contribution in [3.8, 4) is 10.6 Å². The van der Waals surface area contributed by atoms with Crippen molar-refractivity contribution < 1.29 is 4.79 Å². The molecule has 0 aliphatic heterocycles. The fourth-order valence-electron chi connectivity index (χ4n) is 1.29. The van der Waals surface area contributed by atoms with E-state index in [9.17, 15) is 4.79 Å². The van der Waals surface area contributed by atoms with Gasteiger partial charge in [-0.3, -0.25) is 4.79 Å². The maximum absolute atomic E-state index is 11.8. The van der Waals surface area contributed by atoms with Crippen LogP contribution in [0, 0.1) is 5.92 Å². The number of amides is 1. The molecule has 17 heavy (non-hydrogen) atoms. The van der Waals surface area contributed by atoms with E-state index in [1.807, 2.05) is 22.9 Å². The lowest BCUT2D eigenvalue weighted by Gasteiger charge is -2.04. The Balaban J connectivity index is 2.05. The van der Waals surface area contributed by atoms with Crippen LogP contribution in [-0.4, -0.2) is 17.4 Å². The Kier molecular flexibility index (Phi) is 3.91. The summed E-state index contributed by atoms with van der Waals surface area (Å²) in [5.74, 6) is 0.377. The molecular weight excluding hydrogens is 252 g/mol. The molecule has 0 aromatic carbocycles. The summed E-state index contributed by atoms with van der Waals surface area (Å²) >= 11 is 3.02. The first-order valence-corrected chi connectivity index (χ1v) is 7.20. The number of thiazole rings is 1. The van der Waals surface area contributed by atoms with E-state index in [2.05, 4.69) is 24.1 Å². The zero-order chi connectivity index (χ0) is 12.3. The minimum absolute atomic E-state index is 0.0773. The number of hydrogen-bond donors (Lipinski definition) is 1. The Labute approximate surface area is 109 Å². The molecule has 1 amide bonds. The molecule has 2 aromatic heterocycles. The van der Waals surface area contributed by atoms with Gasteiger partial charge in [0, 0.05) is 11.9 Å². The lowest BCUT2D eigenvalue weighted by atomic mass is 10.2. The highest BCUT2D eigenvalue weighted by Crippen LogP contribution is 2.25. The van der Waals surface area contributed by atoms with Gasteiger partial charge in [-0.25, -0.2) is 4.98 Å². The average molecular weight is 266 g/mol. The van der Waals surface area contributed by atoms with Gasteiger partial charge in [0.05, 0.1) is 10.6 Å². The van der Waals surface area contributed by atoms with Gasteiger partial charge < -0.3 is 5.32 Å². The van der Waals surface area contributed by atoms with Gasteiger partial charge in [-0.2, -0.15) is 0 Å². The molecule has 2 rings (SSSR count). The second-order valence-corrected chi connectivity index (χ2v) is 5.92. The van der Waals surface area contributed by atoms with Crippen molar-refractivity contribution in [2.45, 2.75) is 13.8 Å². The Morgan fingerprint density at radius 1 is 1.47 bits per heavy atom. The third kappa shape index (κ3) is 3.14. The molecule has 0 radical (unpaired) electrons. The van der Waals surface area contributed by atoms with E-state index >= 15 is 0 Å². The van der Waals surface area contributed by atoms with Crippen molar-refractivity contribution in [3.05, 3.63) is 27.9 Å². The molecule has 2 aromatic rings. The van der Waals surface area contributed by atoms with Gasteiger partial charge in [0.2, 0.25) is 0 Å². The van der Waals surface area contributed by atoms with Crippen LogP contribution in [0.5, 0.6) is 0 Å². The predicted molar refractivity (Wildman–Crippen MR) is 72.6 cm³/mol. The van der Waals surface area contributed by atoms with E-state index in [1.54, 1.807) is 11.3 Å². The minimum Gasteiger partial charge on any atom is -0.350 e. The number of rotatable bonds is 4. The molecular formula is C12H14N2OS2. The number of thiophene rings is 1. The average Bonchev–Trinajstić information content (AvgIpc) is 2.94. The van der Waals surface area contributed by atoms with Crippen molar-refractivity contribution in [2.24, 2.45) is 5.92 Å². The molecule has 0 saturated heterocycles. The van der Waals surface area contributed by atoms with Crippen molar-refractivity contribution >= 4 is 28.6 Å². The van der Waals surface area contributed by atoms with Crippen LogP contribution >= 0.6 is 22.7 Å². The van der Waals surface area contributed by atoms with Gasteiger partial charge in [-0.05, 0) is 17.4 Å². The van der Waals surface area contributed by atoms with E-state index in [-0.39, 0.29) is 5.91 Å². The van der Waals surface area contributed by atoms with Crippen LogP contribution in [0.4, 0.5) is 0 Å². The van der Waals surface area contributed by atoms with Crippen LogP contribution in [0.15, 0.2) is 22.9 Å². The zero-order valence-corrected chi connectivity index (χ0v) is 11.4. The second kappa shape index (κ2) is 5.42. The molecule has 1 N–H and O–H groups in total. The fourth-order valence-corrected chi connectivity index (χ4v) is 2.78. The summed E-state index contributed by atoms with van der Waals surface area (Å²) in [5, 5.41) is 7.34. The molecule has 0 fully saturated rings. The van der Waals surface area contributed by atoms with Gasteiger partial charge in [-0.15, -0.1) is 22.7 Å². The smallest absolute Gasteiger partial charge is 0.280 e. The lowest BCUT2D eigenvalue weighted by Crippen LogP contribution is -2.27. The van der Waals surface area contributed by atoms with E-state index in [4.69, 9.17) is 0 Å². The van der Waals surface area contributed by atoms with Crippen LogP contribution in [0.3, 0.4) is 0 Å². The minimum atomic E-state index is -0.0773. The Bertz CT molecular complexity index is 488. The number of aromatic nitrogens is 1. The van der Waals surface area contributed by atoms with Crippen LogP contribution in [0.25, 0.3) is 10.6 Å². The maximum Gasteiger partial charge on any atom is 0.280 e.